The topological polar surface area (TPSA) is 86.1 Å². The molecule has 0 bridgehead atoms. The molecule has 2 rings (SSSR count). The zero-order chi connectivity index (χ0) is 16.8. The van der Waals surface area contributed by atoms with Gasteiger partial charge in [-0.25, -0.2) is 4.98 Å². The molecule has 0 aliphatic heterocycles. The number of hydrogen-bond donors (Lipinski definition) is 1. The lowest BCUT2D eigenvalue weighted by Crippen LogP contribution is -2.25. The maximum Gasteiger partial charge on any atom is 0.251 e. The van der Waals surface area contributed by atoms with Crippen molar-refractivity contribution in [1.82, 2.24) is 10.3 Å². The molecule has 0 saturated heterocycles. The van der Waals surface area contributed by atoms with Crippen molar-refractivity contribution in [2.75, 3.05) is 11.9 Å². The second-order valence-corrected chi connectivity index (χ2v) is 5.51. The first kappa shape index (κ1) is 16.4. The third kappa shape index (κ3) is 4.02. The largest absolute Gasteiger partial charge is 0.346 e. The number of amides is 2. The average Bonchev–Trinajstić information content (AvgIpc) is 3.06. The fraction of sp³-hybridized carbons (Fsp3) is 0.125. The number of carbonyl (C=O) groups is 2. The van der Waals surface area contributed by atoms with E-state index in [0.29, 0.717) is 22.0 Å². The van der Waals surface area contributed by atoms with Crippen LogP contribution in [0.2, 0.25) is 0 Å². The first-order valence-corrected chi connectivity index (χ1v) is 7.56. The zero-order valence-corrected chi connectivity index (χ0v) is 13.3. The second-order valence-electron chi connectivity index (χ2n) is 4.57. The number of benzene rings is 1. The van der Waals surface area contributed by atoms with E-state index >= 15 is 0 Å². The molecule has 2 aromatic rings. The Morgan fingerprint density at radius 2 is 2.13 bits per heavy atom. The summed E-state index contributed by atoms with van der Waals surface area (Å²) in [6.07, 6.45) is 1.23. The molecule has 0 spiro atoms. The van der Waals surface area contributed by atoms with Gasteiger partial charge < -0.3 is 10.2 Å². The van der Waals surface area contributed by atoms with Gasteiger partial charge >= 0.3 is 0 Å². The summed E-state index contributed by atoms with van der Waals surface area (Å²) in [5, 5.41) is 13.8. The molecule has 0 unspecified atom stereocenters. The normalized spacial score (nSPS) is 9.74. The predicted molar refractivity (Wildman–Crippen MR) is 88.0 cm³/mol. The minimum atomic E-state index is -0.247. The van der Waals surface area contributed by atoms with Gasteiger partial charge in [-0.3, -0.25) is 9.59 Å². The number of nitrogens with one attached hydrogen (secondary N) is 1. The number of anilines is 1. The molecule has 0 atom stereocenters. The van der Waals surface area contributed by atoms with Crippen LogP contribution in [0.15, 0.2) is 42.3 Å². The van der Waals surface area contributed by atoms with Crippen LogP contribution in [0.25, 0.3) is 0 Å². The highest BCUT2D eigenvalue weighted by Crippen LogP contribution is 2.14. The molecular weight excluding hydrogens is 312 g/mol. The fourth-order valence-corrected chi connectivity index (χ4v) is 2.46. The van der Waals surface area contributed by atoms with E-state index in [-0.39, 0.29) is 18.4 Å². The van der Waals surface area contributed by atoms with Crippen molar-refractivity contribution in [3.8, 4) is 6.07 Å². The Bertz CT molecular complexity index is 774. The summed E-state index contributed by atoms with van der Waals surface area (Å²) in [7, 11) is 1.63. The molecule has 1 aromatic carbocycles. The smallest absolute Gasteiger partial charge is 0.251 e. The highest BCUT2D eigenvalue weighted by molar-refractivity contribution is 7.09. The molecule has 0 aliphatic rings. The Kier molecular flexibility index (Phi) is 5.23. The molecule has 0 saturated carbocycles. The number of nitriles is 1. The Labute approximate surface area is 137 Å². The number of carbonyl (C=O) groups excluding carboxylic acids is 2. The summed E-state index contributed by atoms with van der Waals surface area (Å²) in [6.45, 7) is 3.70. The lowest BCUT2D eigenvalue weighted by atomic mass is 10.2. The van der Waals surface area contributed by atoms with E-state index in [1.165, 1.54) is 22.3 Å². The summed E-state index contributed by atoms with van der Waals surface area (Å²) in [5.41, 5.74) is 1.49. The number of rotatable bonds is 5. The van der Waals surface area contributed by atoms with Crippen LogP contribution in [0, 0.1) is 11.3 Å². The highest BCUT2D eigenvalue weighted by Gasteiger charge is 2.10. The number of likely N-dealkylation sites (N-methyl/N-ethyl adjacent to an activating group) is 1. The number of aromatic nitrogens is 1. The van der Waals surface area contributed by atoms with Gasteiger partial charge in [0.1, 0.15) is 11.1 Å². The summed E-state index contributed by atoms with van der Waals surface area (Å²) < 4.78 is 0. The Balaban J connectivity index is 1.98. The van der Waals surface area contributed by atoms with Crippen molar-refractivity contribution in [1.29, 1.82) is 5.26 Å². The van der Waals surface area contributed by atoms with E-state index in [4.69, 9.17) is 5.26 Å². The van der Waals surface area contributed by atoms with Gasteiger partial charge in [0.05, 0.1) is 6.54 Å². The number of thiazole rings is 1. The van der Waals surface area contributed by atoms with Crippen LogP contribution < -0.4 is 10.2 Å². The van der Waals surface area contributed by atoms with Crippen LogP contribution in [0.4, 0.5) is 5.69 Å². The van der Waals surface area contributed by atoms with E-state index < -0.39 is 0 Å². The van der Waals surface area contributed by atoms with Crippen molar-refractivity contribution >= 4 is 28.8 Å². The Morgan fingerprint density at radius 1 is 1.43 bits per heavy atom. The fourth-order valence-electron chi connectivity index (χ4n) is 1.80. The van der Waals surface area contributed by atoms with Crippen LogP contribution in [-0.2, 0) is 11.3 Å². The van der Waals surface area contributed by atoms with Gasteiger partial charge in [-0.1, -0.05) is 6.58 Å². The van der Waals surface area contributed by atoms with Crippen LogP contribution in [0.3, 0.4) is 0 Å². The molecule has 2 amide bonds. The molecule has 0 aliphatic carbocycles. The number of hydrogen-bond acceptors (Lipinski definition) is 5. The monoisotopic (exact) mass is 326 g/mol. The zero-order valence-electron chi connectivity index (χ0n) is 12.4. The van der Waals surface area contributed by atoms with Crippen molar-refractivity contribution in [2.24, 2.45) is 0 Å². The van der Waals surface area contributed by atoms with Gasteiger partial charge in [0.25, 0.3) is 5.91 Å². The molecule has 1 N–H and O–H groups in total. The molecule has 23 heavy (non-hydrogen) atoms. The Morgan fingerprint density at radius 3 is 2.70 bits per heavy atom. The van der Waals surface area contributed by atoms with Gasteiger partial charge in [0, 0.05) is 23.7 Å². The maximum absolute atomic E-state index is 12.1. The van der Waals surface area contributed by atoms with E-state index in [1.54, 1.807) is 36.7 Å². The Hall–Kier alpha value is -2.98. The predicted octanol–water partition coefficient (Wildman–Crippen LogP) is 2.09. The molecule has 7 heteroatoms. The molecule has 1 aromatic heterocycles. The average molecular weight is 326 g/mol. The second kappa shape index (κ2) is 7.33. The van der Waals surface area contributed by atoms with Crippen LogP contribution in [-0.4, -0.2) is 23.8 Å². The summed E-state index contributed by atoms with van der Waals surface area (Å²) >= 11 is 1.32. The summed E-state index contributed by atoms with van der Waals surface area (Å²) in [6, 6.07) is 8.60. The van der Waals surface area contributed by atoms with Crippen molar-refractivity contribution < 1.29 is 9.59 Å². The van der Waals surface area contributed by atoms with Crippen molar-refractivity contribution in [3.05, 3.63) is 58.6 Å². The third-order valence-electron chi connectivity index (χ3n) is 3.09. The van der Waals surface area contributed by atoms with Gasteiger partial charge in [0.2, 0.25) is 5.91 Å². The van der Waals surface area contributed by atoms with Gasteiger partial charge in [-0.15, -0.1) is 11.3 Å². The molecule has 116 valence electrons. The molecule has 1 heterocycles. The molecule has 0 fully saturated rings. The van der Waals surface area contributed by atoms with Crippen LogP contribution in [0.5, 0.6) is 0 Å². The van der Waals surface area contributed by atoms with Crippen molar-refractivity contribution in [2.45, 2.75) is 6.54 Å². The van der Waals surface area contributed by atoms with Gasteiger partial charge in [-0.05, 0) is 30.3 Å². The minimum absolute atomic E-state index is 0.223. The van der Waals surface area contributed by atoms with Crippen LogP contribution in [0.1, 0.15) is 21.1 Å². The lowest BCUT2D eigenvalue weighted by molar-refractivity contribution is -0.113. The van der Waals surface area contributed by atoms with Crippen molar-refractivity contribution in [3.63, 3.8) is 0 Å². The van der Waals surface area contributed by atoms with Gasteiger partial charge in [0.15, 0.2) is 5.69 Å². The summed E-state index contributed by atoms with van der Waals surface area (Å²) in [4.78, 5) is 29.1. The molecule has 0 radical (unpaired) electrons. The van der Waals surface area contributed by atoms with E-state index in [9.17, 15) is 9.59 Å². The minimum Gasteiger partial charge on any atom is -0.346 e. The lowest BCUT2D eigenvalue weighted by Gasteiger charge is -2.15. The first-order chi connectivity index (χ1) is 11.0. The van der Waals surface area contributed by atoms with E-state index in [1.807, 2.05) is 6.07 Å². The van der Waals surface area contributed by atoms with Crippen LogP contribution >= 0.6 is 11.3 Å². The molecule has 6 nitrogen and oxygen atoms in total. The van der Waals surface area contributed by atoms with E-state index in [0.717, 1.165) is 0 Å². The standard InChI is InChI=1S/C16H14N4O2S/c1-3-15(21)20(2)13-6-4-11(5-7-13)16(22)18-9-14-19-12(8-17)10-23-14/h3-7,10H,1,9H2,2H3,(H,18,22). The molecular formula is C16H14N4O2S. The quantitative estimate of drug-likeness (QED) is 0.853. The highest BCUT2D eigenvalue weighted by atomic mass is 32.1. The summed E-state index contributed by atoms with van der Waals surface area (Å²) in [5.74, 6) is -0.470. The number of nitrogens with zero attached hydrogens (tertiary/aromatic N) is 3. The maximum atomic E-state index is 12.1. The third-order valence-corrected chi connectivity index (χ3v) is 3.94. The first-order valence-electron chi connectivity index (χ1n) is 6.68. The SMILES string of the molecule is C=CC(=O)N(C)c1ccc(C(=O)NCc2nc(C#N)cs2)cc1. The van der Waals surface area contributed by atoms with E-state index in [2.05, 4.69) is 16.9 Å². The van der Waals surface area contributed by atoms with Gasteiger partial charge in [-0.2, -0.15) is 5.26 Å².